The van der Waals surface area contributed by atoms with Crippen molar-refractivity contribution in [2.45, 2.75) is 0 Å². The maximum Gasteiger partial charge on any atom is 0.145 e. The number of rotatable bonds is 3. The van der Waals surface area contributed by atoms with Crippen LogP contribution in [0.25, 0.3) is 88.2 Å². The maximum absolute atomic E-state index is 6.27. The zero-order valence-corrected chi connectivity index (χ0v) is 24.2. The summed E-state index contributed by atoms with van der Waals surface area (Å²) in [4.78, 5) is 4.87. The van der Waals surface area contributed by atoms with Crippen LogP contribution >= 0.6 is 0 Å². The highest BCUT2D eigenvalue weighted by Gasteiger charge is 2.18. The molecule has 0 aliphatic carbocycles. The van der Waals surface area contributed by atoms with Gasteiger partial charge >= 0.3 is 0 Å². The van der Waals surface area contributed by atoms with Crippen molar-refractivity contribution >= 4 is 65.7 Å². The molecule has 45 heavy (non-hydrogen) atoms. The van der Waals surface area contributed by atoms with Gasteiger partial charge in [-0.2, -0.15) is 0 Å². The fourth-order valence-corrected chi connectivity index (χ4v) is 7.17. The van der Waals surface area contributed by atoms with E-state index in [1.165, 1.54) is 21.8 Å². The van der Waals surface area contributed by atoms with Gasteiger partial charge in [0.15, 0.2) is 0 Å². The largest absolute Gasteiger partial charge is 0.456 e. The number of hydrogen-bond acceptors (Lipinski definition) is 2. The Labute approximate surface area is 258 Å². The molecular weight excluding hydrogens is 550 g/mol. The Bertz CT molecular complexity index is 2720. The van der Waals surface area contributed by atoms with Gasteiger partial charge in [-0.1, -0.05) is 78.9 Å². The molecule has 4 aromatic heterocycles. The highest BCUT2D eigenvalue weighted by Crippen LogP contribution is 2.38. The number of pyridine rings is 1. The van der Waals surface area contributed by atoms with Gasteiger partial charge in [-0.05, 0) is 77.9 Å². The van der Waals surface area contributed by atoms with Gasteiger partial charge in [0.2, 0.25) is 0 Å². The van der Waals surface area contributed by atoms with Crippen molar-refractivity contribution in [3.05, 3.63) is 152 Å². The Morgan fingerprint density at radius 2 is 1.02 bits per heavy atom. The summed E-state index contributed by atoms with van der Waals surface area (Å²) < 4.78 is 10.9. The standard InChI is InChI=1S/C41H25N3O/c1-4-18-36-30(14-1)31-15-2-5-19-37(31)43(36)28-12-7-10-26(22-28)27-11-8-13-29(23-27)44-38-24-35-32-16-3-6-20-39(32)45-40(35)25-34(38)33-17-9-21-42-41(33)44/h1-25H. The molecule has 0 atom stereocenters. The van der Waals surface area contributed by atoms with Crippen molar-refractivity contribution in [3.63, 3.8) is 0 Å². The molecule has 6 aromatic carbocycles. The smallest absolute Gasteiger partial charge is 0.145 e. The lowest BCUT2D eigenvalue weighted by Crippen LogP contribution is -1.96. The average molecular weight is 576 g/mol. The molecule has 0 aliphatic heterocycles. The Morgan fingerprint density at radius 1 is 0.400 bits per heavy atom. The van der Waals surface area contributed by atoms with Crippen LogP contribution < -0.4 is 0 Å². The number of nitrogens with zero attached hydrogens (tertiary/aromatic N) is 3. The highest BCUT2D eigenvalue weighted by atomic mass is 16.3. The van der Waals surface area contributed by atoms with Gasteiger partial charge in [0.05, 0.1) is 16.6 Å². The van der Waals surface area contributed by atoms with Crippen LogP contribution in [0.15, 0.2) is 156 Å². The van der Waals surface area contributed by atoms with E-state index in [1.807, 2.05) is 24.4 Å². The second kappa shape index (κ2) is 9.18. The molecule has 0 saturated carbocycles. The van der Waals surface area contributed by atoms with Crippen LogP contribution in [-0.2, 0) is 0 Å². The molecule has 0 amide bonds. The third kappa shape index (κ3) is 3.51. The van der Waals surface area contributed by atoms with Gasteiger partial charge in [0, 0.05) is 49.9 Å². The average Bonchev–Trinajstić information content (AvgIpc) is 3.75. The highest BCUT2D eigenvalue weighted by molar-refractivity contribution is 6.16. The molecule has 4 nitrogen and oxygen atoms in total. The molecule has 0 aliphatic rings. The van der Waals surface area contributed by atoms with E-state index in [2.05, 4.69) is 137 Å². The molecule has 0 N–H and O–H groups in total. The molecule has 0 spiro atoms. The summed E-state index contributed by atoms with van der Waals surface area (Å²) in [6, 6.07) is 51.7. The van der Waals surface area contributed by atoms with Crippen LogP contribution in [0.1, 0.15) is 0 Å². The van der Waals surface area contributed by atoms with Gasteiger partial charge in [-0.15, -0.1) is 0 Å². The van der Waals surface area contributed by atoms with E-state index in [1.54, 1.807) is 0 Å². The third-order valence-electron chi connectivity index (χ3n) is 9.15. The molecule has 10 aromatic rings. The second-order valence-electron chi connectivity index (χ2n) is 11.6. The molecule has 10 rings (SSSR count). The normalized spacial score (nSPS) is 12.0. The lowest BCUT2D eigenvalue weighted by molar-refractivity contribution is 0.669. The van der Waals surface area contributed by atoms with Crippen molar-refractivity contribution < 1.29 is 4.42 Å². The first-order chi connectivity index (χ1) is 22.3. The van der Waals surface area contributed by atoms with Gasteiger partial charge in [0.25, 0.3) is 0 Å². The summed E-state index contributed by atoms with van der Waals surface area (Å²) in [6.45, 7) is 0. The predicted molar refractivity (Wildman–Crippen MR) is 186 cm³/mol. The second-order valence-corrected chi connectivity index (χ2v) is 11.6. The number of para-hydroxylation sites is 3. The molecule has 0 radical (unpaired) electrons. The van der Waals surface area contributed by atoms with Crippen LogP contribution in [0.3, 0.4) is 0 Å². The van der Waals surface area contributed by atoms with Crippen LogP contribution in [-0.4, -0.2) is 14.1 Å². The molecule has 0 fully saturated rings. The molecule has 0 unspecified atom stereocenters. The van der Waals surface area contributed by atoms with Crippen molar-refractivity contribution in [1.29, 1.82) is 0 Å². The van der Waals surface area contributed by atoms with E-state index in [4.69, 9.17) is 9.40 Å². The summed E-state index contributed by atoms with van der Waals surface area (Å²) in [7, 11) is 0. The third-order valence-corrected chi connectivity index (χ3v) is 9.15. The molecule has 0 saturated heterocycles. The van der Waals surface area contributed by atoms with E-state index in [-0.39, 0.29) is 0 Å². The molecule has 4 heterocycles. The first-order valence-electron chi connectivity index (χ1n) is 15.2. The maximum atomic E-state index is 6.27. The minimum Gasteiger partial charge on any atom is -0.456 e. The Morgan fingerprint density at radius 3 is 1.76 bits per heavy atom. The summed E-state index contributed by atoms with van der Waals surface area (Å²) in [5.74, 6) is 0. The summed E-state index contributed by atoms with van der Waals surface area (Å²) in [5.41, 5.74) is 10.8. The van der Waals surface area contributed by atoms with Crippen molar-refractivity contribution in [3.8, 4) is 22.5 Å². The Hall–Kier alpha value is -6.13. The quantitative estimate of drug-likeness (QED) is 0.210. The van der Waals surface area contributed by atoms with Gasteiger partial charge in [-0.25, -0.2) is 4.98 Å². The van der Waals surface area contributed by atoms with Crippen molar-refractivity contribution in [2.75, 3.05) is 0 Å². The molecular formula is C41H25N3O. The fraction of sp³-hybridized carbons (Fsp3) is 0. The van der Waals surface area contributed by atoms with Gasteiger partial charge < -0.3 is 8.98 Å². The zero-order valence-electron chi connectivity index (χ0n) is 24.2. The van der Waals surface area contributed by atoms with E-state index in [0.29, 0.717) is 0 Å². The lowest BCUT2D eigenvalue weighted by Gasteiger charge is -2.12. The van der Waals surface area contributed by atoms with Crippen molar-refractivity contribution in [2.24, 2.45) is 0 Å². The van der Waals surface area contributed by atoms with Crippen LogP contribution in [0, 0.1) is 0 Å². The number of benzene rings is 6. The monoisotopic (exact) mass is 575 g/mol. The minimum absolute atomic E-state index is 0.891. The predicted octanol–water partition coefficient (Wildman–Crippen LogP) is 10.8. The van der Waals surface area contributed by atoms with E-state index < -0.39 is 0 Å². The fourth-order valence-electron chi connectivity index (χ4n) is 7.17. The molecule has 4 heteroatoms. The van der Waals surface area contributed by atoms with E-state index in [9.17, 15) is 0 Å². The number of furan rings is 1. The lowest BCUT2D eigenvalue weighted by atomic mass is 10.0. The number of fused-ring (bicyclic) bond motifs is 9. The van der Waals surface area contributed by atoms with Gasteiger partial charge in [-0.3, -0.25) is 4.57 Å². The summed E-state index contributed by atoms with van der Waals surface area (Å²) in [5, 5.41) is 6.99. The first-order valence-corrected chi connectivity index (χ1v) is 15.2. The van der Waals surface area contributed by atoms with E-state index >= 15 is 0 Å². The SMILES string of the molecule is c1cc(-c2cccc(-n3c4cc5c(cc4c4cccnc43)oc3ccccc35)c2)cc(-n2c3ccccc3c3ccccc32)c1. The number of hydrogen-bond donors (Lipinski definition) is 0. The Balaban J connectivity index is 1.18. The molecule has 0 bridgehead atoms. The first kappa shape index (κ1) is 24.3. The zero-order chi connectivity index (χ0) is 29.5. The number of aromatic nitrogens is 3. The van der Waals surface area contributed by atoms with Crippen LogP contribution in [0.4, 0.5) is 0 Å². The minimum atomic E-state index is 0.891. The summed E-state index contributed by atoms with van der Waals surface area (Å²) in [6.07, 6.45) is 1.87. The molecule has 210 valence electrons. The Kier molecular flexibility index (Phi) is 4.96. The topological polar surface area (TPSA) is 35.9 Å². The summed E-state index contributed by atoms with van der Waals surface area (Å²) >= 11 is 0. The van der Waals surface area contributed by atoms with Crippen molar-refractivity contribution in [1.82, 2.24) is 14.1 Å². The van der Waals surface area contributed by atoms with Gasteiger partial charge in [0.1, 0.15) is 16.8 Å². The van der Waals surface area contributed by atoms with Crippen LogP contribution in [0.2, 0.25) is 0 Å². The van der Waals surface area contributed by atoms with Crippen LogP contribution in [0.5, 0.6) is 0 Å². The van der Waals surface area contributed by atoms with E-state index in [0.717, 1.165) is 66.4 Å².